The molecule has 0 radical (unpaired) electrons. The van der Waals surface area contributed by atoms with E-state index in [-0.39, 0.29) is 11.7 Å². The maximum Gasteiger partial charge on any atom is 0.255 e. The van der Waals surface area contributed by atoms with Crippen LogP contribution in [0, 0.1) is 5.82 Å². The maximum atomic E-state index is 12.9. The topological polar surface area (TPSA) is 44.9 Å². The maximum absolute atomic E-state index is 12.9. The summed E-state index contributed by atoms with van der Waals surface area (Å²) in [5, 5.41) is 3.95. The van der Waals surface area contributed by atoms with Gasteiger partial charge in [-0.1, -0.05) is 0 Å². The Bertz CT molecular complexity index is 880. The van der Waals surface area contributed by atoms with Crippen molar-refractivity contribution in [2.75, 3.05) is 5.32 Å². The average molecular weight is 308 g/mol. The Morgan fingerprint density at radius 2 is 1.83 bits per heavy atom. The van der Waals surface area contributed by atoms with Gasteiger partial charge in [0.05, 0.1) is 0 Å². The van der Waals surface area contributed by atoms with Gasteiger partial charge >= 0.3 is 0 Å². The highest BCUT2D eigenvalue weighted by Gasteiger charge is 2.16. The van der Waals surface area contributed by atoms with Crippen LogP contribution in [0.4, 0.5) is 10.1 Å². The van der Waals surface area contributed by atoms with Crippen LogP contribution in [0.25, 0.3) is 10.9 Å². The third-order valence-corrected chi connectivity index (χ3v) is 4.46. The fourth-order valence-electron chi connectivity index (χ4n) is 3.28. The molecule has 0 atom stereocenters. The first-order chi connectivity index (χ1) is 11.2. The molecule has 3 aromatic rings. The van der Waals surface area contributed by atoms with Crippen molar-refractivity contribution in [3.05, 3.63) is 65.1 Å². The van der Waals surface area contributed by atoms with Crippen LogP contribution in [0.3, 0.4) is 0 Å². The highest BCUT2D eigenvalue weighted by atomic mass is 19.1. The quantitative estimate of drug-likeness (QED) is 0.722. The van der Waals surface area contributed by atoms with Gasteiger partial charge in [-0.2, -0.15) is 0 Å². The van der Waals surface area contributed by atoms with Gasteiger partial charge < -0.3 is 10.3 Å². The Labute approximate surface area is 133 Å². The van der Waals surface area contributed by atoms with Crippen LogP contribution in [0.1, 0.15) is 34.5 Å². The van der Waals surface area contributed by atoms with E-state index >= 15 is 0 Å². The molecule has 3 nitrogen and oxygen atoms in total. The summed E-state index contributed by atoms with van der Waals surface area (Å²) in [6, 6.07) is 11.5. The van der Waals surface area contributed by atoms with Gasteiger partial charge in [0.25, 0.3) is 5.91 Å². The lowest BCUT2D eigenvalue weighted by Crippen LogP contribution is -2.11. The molecule has 0 saturated carbocycles. The molecule has 1 aromatic heterocycles. The van der Waals surface area contributed by atoms with Gasteiger partial charge in [-0.25, -0.2) is 4.39 Å². The molecule has 23 heavy (non-hydrogen) atoms. The van der Waals surface area contributed by atoms with Crippen LogP contribution < -0.4 is 5.32 Å². The molecule has 1 aliphatic rings. The van der Waals surface area contributed by atoms with Crippen LogP contribution in [0.15, 0.2) is 42.5 Å². The molecule has 0 bridgehead atoms. The van der Waals surface area contributed by atoms with Crippen LogP contribution >= 0.6 is 0 Å². The number of aryl methyl sites for hydroxylation is 2. The number of H-pyrrole nitrogens is 1. The van der Waals surface area contributed by atoms with Crippen molar-refractivity contribution >= 4 is 22.5 Å². The molecule has 0 aliphatic heterocycles. The van der Waals surface area contributed by atoms with Gasteiger partial charge in [0.2, 0.25) is 0 Å². The lowest BCUT2D eigenvalue weighted by molar-refractivity contribution is 0.102. The molecule has 0 unspecified atom stereocenters. The number of nitrogens with one attached hydrogen (secondary N) is 2. The van der Waals surface area contributed by atoms with E-state index in [1.807, 2.05) is 18.2 Å². The molecule has 0 saturated heterocycles. The van der Waals surface area contributed by atoms with Gasteiger partial charge in [0, 0.05) is 27.8 Å². The smallest absolute Gasteiger partial charge is 0.255 e. The fraction of sp³-hybridized carbons (Fsp3) is 0.211. The van der Waals surface area contributed by atoms with Crippen LogP contribution in [0.2, 0.25) is 0 Å². The first-order valence-electron chi connectivity index (χ1n) is 7.91. The summed E-state index contributed by atoms with van der Waals surface area (Å²) in [5.41, 5.74) is 4.96. The van der Waals surface area contributed by atoms with Crippen molar-refractivity contribution in [3.63, 3.8) is 0 Å². The Morgan fingerprint density at radius 3 is 2.65 bits per heavy atom. The zero-order valence-corrected chi connectivity index (χ0v) is 12.7. The predicted octanol–water partition coefficient (Wildman–Crippen LogP) is 4.44. The second-order valence-corrected chi connectivity index (χ2v) is 6.01. The summed E-state index contributed by atoms with van der Waals surface area (Å²) < 4.78 is 12.9. The summed E-state index contributed by atoms with van der Waals surface area (Å²) in [6.07, 6.45) is 4.57. The van der Waals surface area contributed by atoms with E-state index in [0.29, 0.717) is 11.3 Å². The number of carbonyl (C=O) groups is 1. The van der Waals surface area contributed by atoms with Crippen molar-refractivity contribution in [2.24, 2.45) is 0 Å². The molecule has 1 amide bonds. The molecule has 0 fully saturated rings. The van der Waals surface area contributed by atoms with E-state index in [0.717, 1.165) is 23.7 Å². The monoisotopic (exact) mass is 308 g/mol. The standard InChI is InChI=1S/C19H17FN2O/c20-13-6-8-14(9-7-13)21-19(23)12-5-10-18-16(11-12)15-3-1-2-4-17(15)22-18/h5-11,22H,1-4H2,(H,21,23). The van der Waals surface area contributed by atoms with Gasteiger partial charge in [-0.05, 0) is 73.7 Å². The number of carbonyl (C=O) groups excluding carboxylic acids is 1. The number of hydrogen-bond donors (Lipinski definition) is 2. The molecule has 4 heteroatoms. The number of hydrogen-bond acceptors (Lipinski definition) is 1. The molecule has 2 aromatic carbocycles. The van der Waals surface area contributed by atoms with Crippen LogP contribution in [-0.2, 0) is 12.8 Å². The van der Waals surface area contributed by atoms with Crippen LogP contribution in [-0.4, -0.2) is 10.9 Å². The first kappa shape index (κ1) is 14.0. The zero-order valence-electron chi connectivity index (χ0n) is 12.7. The molecular weight excluding hydrogens is 291 g/mol. The molecule has 116 valence electrons. The van der Waals surface area contributed by atoms with Crippen LogP contribution in [0.5, 0.6) is 0 Å². The summed E-state index contributed by atoms with van der Waals surface area (Å²) in [7, 11) is 0. The SMILES string of the molecule is O=C(Nc1ccc(F)cc1)c1ccc2[nH]c3c(c2c1)CCCC3. The summed E-state index contributed by atoms with van der Waals surface area (Å²) in [4.78, 5) is 15.9. The van der Waals surface area contributed by atoms with E-state index in [4.69, 9.17) is 0 Å². The Hall–Kier alpha value is -2.62. The highest BCUT2D eigenvalue weighted by Crippen LogP contribution is 2.29. The lowest BCUT2D eigenvalue weighted by atomic mass is 9.95. The number of benzene rings is 2. The number of aromatic amines is 1. The van der Waals surface area contributed by atoms with Crippen molar-refractivity contribution in [3.8, 4) is 0 Å². The average Bonchev–Trinajstić information content (AvgIpc) is 2.94. The van der Waals surface area contributed by atoms with Gasteiger partial charge in [0.1, 0.15) is 5.82 Å². The fourth-order valence-corrected chi connectivity index (χ4v) is 3.28. The number of amides is 1. The third-order valence-electron chi connectivity index (χ3n) is 4.46. The van der Waals surface area contributed by atoms with Crippen molar-refractivity contribution in [2.45, 2.75) is 25.7 Å². The molecule has 0 spiro atoms. The Balaban J connectivity index is 1.65. The summed E-state index contributed by atoms with van der Waals surface area (Å²) in [6.45, 7) is 0. The van der Waals surface area contributed by atoms with Gasteiger partial charge in [-0.15, -0.1) is 0 Å². The van der Waals surface area contributed by atoms with E-state index < -0.39 is 0 Å². The number of halogens is 1. The number of rotatable bonds is 2. The minimum absolute atomic E-state index is 0.177. The largest absolute Gasteiger partial charge is 0.358 e. The van der Waals surface area contributed by atoms with E-state index in [2.05, 4.69) is 10.3 Å². The van der Waals surface area contributed by atoms with E-state index in [9.17, 15) is 9.18 Å². The second kappa shape index (κ2) is 5.54. The molecule has 2 N–H and O–H groups in total. The first-order valence-corrected chi connectivity index (χ1v) is 7.91. The molecular formula is C19H17FN2O. The molecule has 4 rings (SSSR count). The van der Waals surface area contributed by atoms with E-state index in [1.165, 1.54) is 36.2 Å². The van der Waals surface area contributed by atoms with Gasteiger partial charge in [0.15, 0.2) is 0 Å². The predicted molar refractivity (Wildman–Crippen MR) is 89.3 cm³/mol. The number of fused-ring (bicyclic) bond motifs is 3. The lowest BCUT2D eigenvalue weighted by Gasteiger charge is -2.10. The van der Waals surface area contributed by atoms with Crippen molar-refractivity contribution < 1.29 is 9.18 Å². The molecule has 1 heterocycles. The third kappa shape index (κ3) is 2.61. The second-order valence-electron chi connectivity index (χ2n) is 6.01. The minimum Gasteiger partial charge on any atom is -0.358 e. The zero-order chi connectivity index (χ0) is 15.8. The normalized spacial score (nSPS) is 13.8. The van der Waals surface area contributed by atoms with E-state index in [1.54, 1.807) is 12.1 Å². The number of anilines is 1. The highest BCUT2D eigenvalue weighted by molar-refractivity contribution is 6.06. The van der Waals surface area contributed by atoms with Crippen molar-refractivity contribution in [1.29, 1.82) is 0 Å². The minimum atomic E-state index is -0.316. The van der Waals surface area contributed by atoms with Crippen molar-refractivity contribution in [1.82, 2.24) is 4.98 Å². The Morgan fingerprint density at radius 1 is 1.04 bits per heavy atom. The Kier molecular flexibility index (Phi) is 3.37. The van der Waals surface area contributed by atoms with Gasteiger partial charge in [-0.3, -0.25) is 4.79 Å². The summed E-state index contributed by atoms with van der Waals surface area (Å²) in [5.74, 6) is -0.493. The molecule has 1 aliphatic carbocycles. The summed E-state index contributed by atoms with van der Waals surface area (Å²) >= 11 is 0. The number of aromatic nitrogens is 1.